The SMILES string of the molecule is O=C(NC1CNCC(c2ccccc2)C1)C(F)(F)F. The maximum atomic E-state index is 12.2. The third kappa shape index (κ3) is 3.70. The predicted octanol–water partition coefficient (Wildman–Crippen LogP) is 1.81. The number of hydrogen-bond donors (Lipinski definition) is 2. The Hall–Kier alpha value is -1.56. The number of benzene rings is 1. The van der Waals surface area contributed by atoms with E-state index in [9.17, 15) is 18.0 Å². The lowest BCUT2D eigenvalue weighted by molar-refractivity contribution is -0.174. The Kier molecular flexibility index (Phi) is 4.09. The summed E-state index contributed by atoms with van der Waals surface area (Å²) in [5.41, 5.74) is 1.07. The van der Waals surface area contributed by atoms with E-state index in [-0.39, 0.29) is 5.92 Å². The number of rotatable bonds is 2. The first-order chi connectivity index (χ1) is 8.97. The van der Waals surface area contributed by atoms with Crippen molar-refractivity contribution in [2.24, 2.45) is 0 Å². The van der Waals surface area contributed by atoms with Crippen LogP contribution in [0.3, 0.4) is 0 Å². The highest BCUT2D eigenvalue weighted by molar-refractivity contribution is 5.81. The lowest BCUT2D eigenvalue weighted by Gasteiger charge is -2.31. The maximum absolute atomic E-state index is 12.2. The van der Waals surface area contributed by atoms with Crippen LogP contribution in [0, 0.1) is 0 Å². The van der Waals surface area contributed by atoms with Crippen molar-refractivity contribution < 1.29 is 18.0 Å². The number of halogens is 3. The molecule has 1 aliphatic rings. The molecule has 2 atom stereocenters. The Morgan fingerprint density at radius 2 is 1.89 bits per heavy atom. The van der Waals surface area contributed by atoms with Crippen molar-refractivity contribution in [3.8, 4) is 0 Å². The molecule has 2 rings (SSSR count). The van der Waals surface area contributed by atoms with Gasteiger partial charge in [0.2, 0.25) is 0 Å². The van der Waals surface area contributed by atoms with Crippen molar-refractivity contribution in [1.29, 1.82) is 0 Å². The molecule has 19 heavy (non-hydrogen) atoms. The van der Waals surface area contributed by atoms with Crippen molar-refractivity contribution in [2.45, 2.75) is 24.6 Å². The number of carbonyl (C=O) groups excluding carboxylic acids is 1. The molecule has 1 saturated heterocycles. The Balaban J connectivity index is 1.96. The quantitative estimate of drug-likeness (QED) is 0.862. The van der Waals surface area contributed by atoms with Crippen LogP contribution >= 0.6 is 0 Å². The van der Waals surface area contributed by atoms with Crippen LogP contribution in [0.2, 0.25) is 0 Å². The van der Waals surface area contributed by atoms with E-state index in [1.807, 2.05) is 35.6 Å². The monoisotopic (exact) mass is 272 g/mol. The lowest BCUT2D eigenvalue weighted by Crippen LogP contribution is -2.51. The second-order valence-corrected chi connectivity index (χ2v) is 4.67. The molecule has 2 unspecified atom stereocenters. The van der Waals surface area contributed by atoms with Gasteiger partial charge in [-0.25, -0.2) is 0 Å². The van der Waals surface area contributed by atoms with E-state index in [1.165, 1.54) is 0 Å². The fourth-order valence-corrected chi connectivity index (χ4v) is 2.30. The number of hydrogen-bond acceptors (Lipinski definition) is 2. The lowest BCUT2D eigenvalue weighted by atomic mass is 9.89. The number of amides is 1. The van der Waals surface area contributed by atoms with Crippen LogP contribution in [0.15, 0.2) is 30.3 Å². The minimum absolute atomic E-state index is 0.119. The number of carbonyl (C=O) groups is 1. The number of nitrogens with one attached hydrogen (secondary N) is 2. The van der Waals surface area contributed by atoms with E-state index in [0.29, 0.717) is 19.5 Å². The topological polar surface area (TPSA) is 41.1 Å². The van der Waals surface area contributed by atoms with Gasteiger partial charge in [-0.2, -0.15) is 13.2 Å². The average Bonchev–Trinajstić information content (AvgIpc) is 2.39. The van der Waals surface area contributed by atoms with Crippen molar-refractivity contribution in [2.75, 3.05) is 13.1 Å². The molecule has 3 nitrogen and oxygen atoms in total. The molecular weight excluding hydrogens is 257 g/mol. The van der Waals surface area contributed by atoms with Gasteiger partial charge in [-0.15, -0.1) is 0 Å². The molecule has 1 aromatic carbocycles. The molecular formula is C13H15F3N2O. The number of piperidine rings is 1. The molecule has 6 heteroatoms. The summed E-state index contributed by atoms with van der Waals surface area (Å²) in [6.07, 6.45) is -4.31. The summed E-state index contributed by atoms with van der Waals surface area (Å²) in [4.78, 5) is 10.9. The molecule has 1 heterocycles. The van der Waals surface area contributed by atoms with Gasteiger partial charge in [-0.3, -0.25) is 4.79 Å². The number of alkyl halides is 3. The molecule has 2 N–H and O–H groups in total. The molecule has 0 aromatic heterocycles. The average molecular weight is 272 g/mol. The van der Waals surface area contributed by atoms with Crippen LogP contribution in [0.5, 0.6) is 0 Å². The minimum Gasteiger partial charge on any atom is -0.344 e. The van der Waals surface area contributed by atoms with E-state index in [4.69, 9.17) is 0 Å². The van der Waals surface area contributed by atoms with Crippen LogP contribution in [-0.4, -0.2) is 31.2 Å². The summed E-state index contributed by atoms with van der Waals surface area (Å²) in [7, 11) is 0. The summed E-state index contributed by atoms with van der Waals surface area (Å²) in [5.74, 6) is -1.75. The van der Waals surface area contributed by atoms with Crippen LogP contribution in [-0.2, 0) is 4.79 Å². The smallest absolute Gasteiger partial charge is 0.344 e. The van der Waals surface area contributed by atoms with Gasteiger partial charge in [0.1, 0.15) is 0 Å². The van der Waals surface area contributed by atoms with E-state index >= 15 is 0 Å². The predicted molar refractivity (Wildman–Crippen MR) is 64.7 cm³/mol. The second-order valence-electron chi connectivity index (χ2n) is 4.67. The fourth-order valence-electron chi connectivity index (χ4n) is 2.30. The molecule has 1 amide bonds. The van der Waals surface area contributed by atoms with E-state index < -0.39 is 18.1 Å². The van der Waals surface area contributed by atoms with E-state index in [2.05, 4.69) is 5.32 Å². The summed E-state index contributed by atoms with van der Waals surface area (Å²) < 4.78 is 36.6. The van der Waals surface area contributed by atoms with Crippen LogP contribution in [0.4, 0.5) is 13.2 Å². The molecule has 0 radical (unpaired) electrons. The summed E-state index contributed by atoms with van der Waals surface area (Å²) in [6.45, 7) is 1.08. The van der Waals surface area contributed by atoms with Gasteiger partial charge in [-0.05, 0) is 17.9 Å². The van der Waals surface area contributed by atoms with Gasteiger partial charge in [0.05, 0.1) is 0 Å². The van der Waals surface area contributed by atoms with Crippen LogP contribution < -0.4 is 10.6 Å². The highest BCUT2D eigenvalue weighted by Crippen LogP contribution is 2.24. The first-order valence-electron chi connectivity index (χ1n) is 6.10. The third-order valence-corrected chi connectivity index (χ3v) is 3.21. The standard InChI is InChI=1S/C13H15F3N2O/c14-13(15,16)12(19)18-11-6-10(7-17-8-11)9-4-2-1-3-5-9/h1-5,10-11,17H,6-8H2,(H,18,19). The Morgan fingerprint density at radius 3 is 2.53 bits per heavy atom. The first kappa shape index (κ1) is 13.9. The largest absolute Gasteiger partial charge is 0.471 e. The third-order valence-electron chi connectivity index (χ3n) is 3.21. The van der Waals surface area contributed by atoms with E-state index in [1.54, 1.807) is 0 Å². The zero-order chi connectivity index (χ0) is 13.9. The highest BCUT2D eigenvalue weighted by Gasteiger charge is 2.40. The van der Waals surface area contributed by atoms with Gasteiger partial charge >= 0.3 is 12.1 Å². The fraction of sp³-hybridized carbons (Fsp3) is 0.462. The Labute approximate surface area is 109 Å². The van der Waals surface area contributed by atoms with Crippen molar-refractivity contribution >= 4 is 5.91 Å². The Bertz CT molecular complexity index is 433. The van der Waals surface area contributed by atoms with E-state index in [0.717, 1.165) is 5.56 Å². The molecule has 104 valence electrons. The van der Waals surface area contributed by atoms with Gasteiger partial charge in [0, 0.05) is 19.1 Å². The zero-order valence-corrected chi connectivity index (χ0v) is 10.2. The van der Waals surface area contributed by atoms with Crippen LogP contribution in [0.1, 0.15) is 17.9 Å². The Morgan fingerprint density at radius 1 is 1.21 bits per heavy atom. The molecule has 0 aliphatic carbocycles. The summed E-state index contributed by atoms with van der Waals surface area (Å²) >= 11 is 0. The van der Waals surface area contributed by atoms with Gasteiger partial charge in [0.15, 0.2) is 0 Å². The van der Waals surface area contributed by atoms with Crippen LogP contribution in [0.25, 0.3) is 0 Å². The van der Waals surface area contributed by atoms with Gasteiger partial charge in [-0.1, -0.05) is 30.3 Å². The second kappa shape index (κ2) is 5.61. The van der Waals surface area contributed by atoms with Gasteiger partial charge < -0.3 is 10.6 Å². The maximum Gasteiger partial charge on any atom is 0.471 e. The molecule has 0 saturated carbocycles. The minimum atomic E-state index is -4.82. The molecule has 1 fully saturated rings. The first-order valence-corrected chi connectivity index (χ1v) is 6.10. The molecule has 1 aliphatic heterocycles. The molecule has 1 aromatic rings. The molecule has 0 spiro atoms. The van der Waals surface area contributed by atoms with Crippen molar-refractivity contribution in [1.82, 2.24) is 10.6 Å². The van der Waals surface area contributed by atoms with Crippen molar-refractivity contribution in [3.05, 3.63) is 35.9 Å². The van der Waals surface area contributed by atoms with Gasteiger partial charge in [0.25, 0.3) is 0 Å². The summed E-state index contributed by atoms with van der Waals surface area (Å²) in [5, 5.41) is 5.09. The van der Waals surface area contributed by atoms with Crippen molar-refractivity contribution in [3.63, 3.8) is 0 Å². The summed E-state index contributed by atoms with van der Waals surface area (Å²) in [6, 6.07) is 9.08. The highest BCUT2D eigenvalue weighted by atomic mass is 19.4. The zero-order valence-electron chi connectivity index (χ0n) is 10.2. The molecule has 0 bridgehead atoms. The normalized spacial score (nSPS) is 23.9.